The molecule has 2 heterocycles. The Kier molecular flexibility index (Phi) is 5.22. The lowest BCUT2D eigenvalue weighted by Crippen LogP contribution is -2.37. The van der Waals surface area contributed by atoms with E-state index in [0.717, 1.165) is 24.7 Å². The maximum atomic E-state index is 12.3. The van der Waals surface area contributed by atoms with Crippen molar-refractivity contribution in [1.82, 2.24) is 4.90 Å². The fourth-order valence-electron chi connectivity index (χ4n) is 3.04. The number of methoxy groups -OCH3 is 2. The van der Waals surface area contributed by atoms with Crippen molar-refractivity contribution in [3.8, 4) is 17.2 Å². The molecule has 134 valence electrons. The number of rotatable bonds is 3. The molecule has 3 rings (SSSR count). The number of aliphatic imine (C=N–C) groups is 1. The van der Waals surface area contributed by atoms with Crippen LogP contribution in [0.3, 0.4) is 0 Å². The number of amidine groups is 1. The van der Waals surface area contributed by atoms with E-state index in [1.54, 1.807) is 18.2 Å². The maximum absolute atomic E-state index is 12.3. The number of aromatic hydroxyl groups is 1. The van der Waals surface area contributed by atoms with Crippen LogP contribution in [0, 0.1) is 5.92 Å². The molecule has 1 amide bonds. The highest BCUT2D eigenvalue weighted by Gasteiger charge is 2.28. The van der Waals surface area contributed by atoms with Crippen molar-refractivity contribution in [2.24, 2.45) is 10.9 Å². The van der Waals surface area contributed by atoms with Gasteiger partial charge in [-0.3, -0.25) is 4.79 Å². The van der Waals surface area contributed by atoms with E-state index >= 15 is 0 Å². The molecular weight excluding hydrogens is 340 g/mol. The Morgan fingerprint density at radius 2 is 2.00 bits per heavy atom. The fraction of sp³-hybridized carbons (Fsp3) is 0.444. The number of carbonyl (C=O) groups excluding carboxylic acids is 1. The number of benzene rings is 1. The van der Waals surface area contributed by atoms with Crippen molar-refractivity contribution in [3.05, 3.63) is 22.6 Å². The summed E-state index contributed by atoms with van der Waals surface area (Å²) >= 11 is 1.40. The summed E-state index contributed by atoms with van der Waals surface area (Å²) in [5, 5.41) is 10.8. The lowest BCUT2D eigenvalue weighted by Gasteiger charge is -2.31. The highest BCUT2D eigenvalue weighted by molar-refractivity contribution is 8.18. The van der Waals surface area contributed by atoms with Gasteiger partial charge in [-0.15, -0.1) is 0 Å². The molecule has 0 aliphatic carbocycles. The second kappa shape index (κ2) is 7.39. The van der Waals surface area contributed by atoms with Crippen molar-refractivity contribution < 1.29 is 19.4 Å². The van der Waals surface area contributed by atoms with Gasteiger partial charge in [-0.25, -0.2) is 0 Å². The van der Waals surface area contributed by atoms with Crippen LogP contribution in [0.4, 0.5) is 0 Å². The first kappa shape index (κ1) is 17.7. The molecule has 2 aliphatic rings. The molecule has 1 aromatic rings. The zero-order valence-electron chi connectivity index (χ0n) is 14.6. The lowest BCUT2D eigenvalue weighted by atomic mass is 10.0. The van der Waals surface area contributed by atoms with Gasteiger partial charge in [-0.05, 0) is 54.3 Å². The number of phenols is 1. The number of amides is 1. The minimum atomic E-state index is -0.232. The molecule has 0 saturated carbocycles. The van der Waals surface area contributed by atoms with Gasteiger partial charge in [0.1, 0.15) is 0 Å². The van der Waals surface area contributed by atoms with Crippen molar-refractivity contribution >= 4 is 28.9 Å². The zero-order valence-corrected chi connectivity index (χ0v) is 15.4. The molecule has 2 aliphatic heterocycles. The Morgan fingerprint density at radius 3 is 2.60 bits per heavy atom. The van der Waals surface area contributed by atoms with Crippen molar-refractivity contribution in [2.45, 2.75) is 19.8 Å². The summed E-state index contributed by atoms with van der Waals surface area (Å²) in [5.74, 6) is 0.923. The molecule has 25 heavy (non-hydrogen) atoms. The second-order valence-corrected chi connectivity index (χ2v) is 7.29. The van der Waals surface area contributed by atoms with Gasteiger partial charge < -0.3 is 19.5 Å². The van der Waals surface area contributed by atoms with Gasteiger partial charge in [0, 0.05) is 13.1 Å². The van der Waals surface area contributed by atoms with E-state index in [4.69, 9.17) is 9.47 Å². The third kappa shape index (κ3) is 3.76. The summed E-state index contributed by atoms with van der Waals surface area (Å²) in [7, 11) is 2.94. The number of likely N-dealkylation sites (tertiary alicyclic amines) is 1. The van der Waals surface area contributed by atoms with Crippen LogP contribution in [-0.4, -0.2) is 48.4 Å². The van der Waals surface area contributed by atoms with Gasteiger partial charge in [0.25, 0.3) is 5.91 Å². The minimum absolute atomic E-state index is 0.0585. The normalized spacial score (nSPS) is 22.3. The van der Waals surface area contributed by atoms with Crippen LogP contribution in [0.5, 0.6) is 17.2 Å². The van der Waals surface area contributed by atoms with Crippen LogP contribution < -0.4 is 9.47 Å². The first-order valence-corrected chi connectivity index (χ1v) is 9.06. The number of piperidine rings is 1. The van der Waals surface area contributed by atoms with Gasteiger partial charge >= 0.3 is 0 Å². The summed E-state index contributed by atoms with van der Waals surface area (Å²) in [6.45, 7) is 4.10. The number of hydrogen-bond acceptors (Lipinski definition) is 6. The molecule has 0 aromatic heterocycles. The Balaban J connectivity index is 1.82. The molecule has 1 atom stereocenters. The SMILES string of the molecule is COc1cc(/C=C2\SC(N3CCCC(C)C3)=NC2=O)cc(OC)c1O. The molecule has 0 bridgehead atoms. The zero-order chi connectivity index (χ0) is 18.0. The number of nitrogens with zero attached hydrogens (tertiary/aromatic N) is 2. The summed E-state index contributed by atoms with van der Waals surface area (Å²) in [5.41, 5.74) is 0.714. The van der Waals surface area contributed by atoms with Gasteiger partial charge in [-0.1, -0.05) is 6.92 Å². The predicted molar refractivity (Wildman–Crippen MR) is 99.2 cm³/mol. The van der Waals surface area contributed by atoms with Gasteiger partial charge in [0.05, 0.1) is 19.1 Å². The molecule has 0 radical (unpaired) electrons. The third-order valence-electron chi connectivity index (χ3n) is 4.34. The molecule has 6 nitrogen and oxygen atoms in total. The largest absolute Gasteiger partial charge is 0.502 e. The Labute approximate surface area is 151 Å². The van der Waals surface area contributed by atoms with Crippen LogP contribution in [0.2, 0.25) is 0 Å². The summed E-state index contributed by atoms with van der Waals surface area (Å²) < 4.78 is 10.3. The van der Waals surface area contributed by atoms with E-state index in [1.165, 1.54) is 32.4 Å². The standard InChI is InChI=1S/C18H22N2O4S/c1-11-5-4-6-20(10-11)18-19-17(22)15(25-18)9-12-7-13(23-2)16(21)14(8-12)24-3/h7-9,11,21H,4-6,10H2,1-3H3/b15-9-. The predicted octanol–water partition coefficient (Wildman–Crippen LogP) is 3.11. The third-order valence-corrected chi connectivity index (χ3v) is 5.38. The van der Waals surface area contributed by atoms with E-state index in [0.29, 0.717) is 27.9 Å². The van der Waals surface area contributed by atoms with Crippen LogP contribution in [0.1, 0.15) is 25.3 Å². The van der Waals surface area contributed by atoms with E-state index in [-0.39, 0.29) is 11.7 Å². The molecule has 1 saturated heterocycles. The average Bonchev–Trinajstić information content (AvgIpc) is 2.97. The van der Waals surface area contributed by atoms with Crippen LogP contribution in [-0.2, 0) is 4.79 Å². The number of ether oxygens (including phenoxy) is 2. The Bertz CT molecular complexity index is 720. The van der Waals surface area contributed by atoms with Gasteiger partial charge in [0.15, 0.2) is 16.7 Å². The molecule has 1 aromatic carbocycles. The van der Waals surface area contributed by atoms with E-state index in [2.05, 4.69) is 16.8 Å². The molecule has 1 unspecified atom stereocenters. The van der Waals surface area contributed by atoms with Crippen molar-refractivity contribution in [2.75, 3.05) is 27.3 Å². The van der Waals surface area contributed by atoms with Crippen LogP contribution >= 0.6 is 11.8 Å². The van der Waals surface area contributed by atoms with Crippen LogP contribution in [0.15, 0.2) is 22.0 Å². The average molecular weight is 362 g/mol. The maximum Gasteiger partial charge on any atom is 0.286 e. The molecule has 0 spiro atoms. The summed E-state index contributed by atoms with van der Waals surface area (Å²) in [6.07, 6.45) is 4.10. The Morgan fingerprint density at radius 1 is 1.32 bits per heavy atom. The summed E-state index contributed by atoms with van der Waals surface area (Å²) in [6, 6.07) is 3.33. The lowest BCUT2D eigenvalue weighted by molar-refractivity contribution is -0.113. The van der Waals surface area contributed by atoms with E-state index in [9.17, 15) is 9.90 Å². The molecule has 1 fully saturated rings. The number of carbonyl (C=O) groups is 1. The van der Waals surface area contributed by atoms with Crippen LogP contribution in [0.25, 0.3) is 6.08 Å². The molecule has 7 heteroatoms. The summed E-state index contributed by atoms with van der Waals surface area (Å²) in [4.78, 5) is 19.2. The second-order valence-electron chi connectivity index (χ2n) is 6.28. The van der Waals surface area contributed by atoms with E-state index in [1.807, 2.05) is 0 Å². The van der Waals surface area contributed by atoms with Gasteiger partial charge in [-0.2, -0.15) is 4.99 Å². The number of thioether (sulfide) groups is 1. The number of phenolic OH excluding ortho intramolecular Hbond substituents is 1. The minimum Gasteiger partial charge on any atom is -0.502 e. The highest BCUT2D eigenvalue weighted by atomic mass is 32.2. The molecular formula is C18H22N2O4S. The fourth-order valence-corrected chi connectivity index (χ4v) is 3.99. The van der Waals surface area contributed by atoms with Crippen molar-refractivity contribution in [3.63, 3.8) is 0 Å². The highest BCUT2D eigenvalue weighted by Crippen LogP contribution is 2.39. The topological polar surface area (TPSA) is 71.4 Å². The van der Waals surface area contributed by atoms with Crippen molar-refractivity contribution in [1.29, 1.82) is 0 Å². The monoisotopic (exact) mass is 362 g/mol. The van der Waals surface area contributed by atoms with Gasteiger partial charge in [0.2, 0.25) is 5.75 Å². The molecule has 1 N–H and O–H groups in total. The number of hydrogen-bond donors (Lipinski definition) is 1. The Hall–Kier alpha value is -2.15. The quantitative estimate of drug-likeness (QED) is 0.833. The smallest absolute Gasteiger partial charge is 0.286 e. The first-order chi connectivity index (χ1) is 12.0. The first-order valence-electron chi connectivity index (χ1n) is 8.24. The van der Waals surface area contributed by atoms with E-state index < -0.39 is 0 Å².